The number of anilines is 1. The van der Waals surface area contributed by atoms with Crippen molar-refractivity contribution in [3.63, 3.8) is 0 Å². The molecule has 0 aliphatic carbocycles. The van der Waals surface area contributed by atoms with Crippen LogP contribution in [0.2, 0.25) is 0 Å². The van der Waals surface area contributed by atoms with Crippen molar-refractivity contribution in [1.29, 1.82) is 0 Å². The fraction of sp³-hybridized carbons (Fsp3) is 0.304. The molecular formula is C23H28N7O+. The molecule has 8 heteroatoms. The van der Waals surface area contributed by atoms with Crippen molar-refractivity contribution >= 4 is 11.6 Å². The lowest BCUT2D eigenvalue weighted by Crippen LogP contribution is -2.45. The van der Waals surface area contributed by atoms with Crippen molar-refractivity contribution in [2.75, 3.05) is 25.9 Å². The van der Waals surface area contributed by atoms with E-state index in [0.717, 1.165) is 46.9 Å². The minimum absolute atomic E-state index is 0.156. The van der Waals surface area contributed by atoms with Crippen LogP contribution in [-0.2, 0) is 6.54 Å². The maximum Gasteiger partial charge on any atom is 0.428 e. The molecule has 0 atom stereocenters. The molecule has 0 saturated carbocycles. The van der Waals surface area contributed by atoms with Gasteiger partial charge in [-0.2, -0.15) is 4.68 Å². The highest BCUT2D eigenvalue weighted by Gasteiger charge is 2.26. The molecule has 0 aliphatic heterocycles. The number of benzene rings is 1. The number of likely N-dealkylation sites (N-methyl/N-ethyl adjacent to an activating group) is 1. The number of hydrogen-bond donors (Lipinski definition) is 2. The minimum atomic E-state index is -0.229. The molecule has 0 bridgehead atoms. The Morgan fingerprint density at radius 1 is 1.10 bits per heavy atom. The summed E-state index contributed by atoms with van der Waals surface area (Å²) in [4.78, 5) is 24.5. The Balaban J connectivity index is 2.03. The molecule has 8 nitrogen and oxygen atoms in total. The van der Waals surface area contributed by atoms with Crippen LogP contribution in [0.15, 0.2) is 47.3 Å². The monoisotopic (exact) mass is 418 g/mol. The van der Waals surface area contributed by atoms with Crippen LogP contribution in [0.4, 0.5) is 5.95 Å². The largest absolute Gasteiger partial charge is 0.428 e. The zero-order chi connectivity index (χ0) is 22.1. The third-order valence-corrected chi connectivity index (χ3v) is 5.48. The second kappa shape index (κ2) is 8.31. The Bertz CT molecular complexity index is 1270. The lowest BCUT2D eigenvalue weighted by molar-refractivity contribution is -0.516. The van der Waals surface area contributed by atoms with E-state index in [1.165, 1.54) is 4.40 Å². The molecule has 4 rings (SSSR count). The van der Waals surface area contributed by atoms with Crippen LogP contribution in [0.5, 0.6) is 0 Å². The summed E-state index contributed by atoms with van der Waals surface area (Å²) < 4.78 is 3.05. The fourth-order valence-electron chi connectivity index (χ4n) is 3.79. The van der Waals surface area contributed by atoms with Gasteiger partial charge in [-0.1, -0.05) is 37.3 Å². The summed E-state index contributed by atoms with van der Waals surface area (Å²) in [5.74, 6) is 0.156. The minimum Gasteiger partial charge on any atom is -0.319 e. The molecule has 3 heterocycles. The first-order valence-corrected chi connectivity index (χ1v) is 10.4. The number of hydrogen-bond acceptors (Lipinski definition) is 5. The van der Waals surface area contributed by atoms with Gasteiger partial charge in [0.15, 0.2) is 0 Å². The average Bonchev–Trinajstić information content (AvgIpc) is 3.08. The first-order valence-electron chi connectivity index (χ1n) is 10.4. The molecule has 3 aromatic heterocycles. The van der Waals surface area contributed by atoms with Gasteiger partial charge in [-0.3, -0.25) is 4.98 Å². The molecule has 0 saturated heterocycles. The maximum atomic E-state index is 13.2. The summed E-state index contributed by atoms with van der Waals surface area (Å²) >= 11 is 0. The summed E-state index contributed by atoms with van der Waals surface area (Å²) in [5, 5.41) is 3.30. The second-order valence-corrected chi connectivity index (χ2v) is 7.82. The van der Waals surface area contributed by atoms with Crippen molar-refractivity contribution in [2.24, 2.45) is 0 Å². The molecule has 0 unspecified atom stereocenters. The Hall–Kier alpha value is -3.52. The van der Waals surface area contributed by atoms with E-state index in [0.29, 0.717) is 12.2 Å². The summed E-state index contributed by atoms with van der Waals surface area (Å²) in [6, 6.07) is 13.9. The summed E-state index contributed by atoms with van der Waals surface area (Å²) in [6.45, 7) is 8.18. The number of fused-ring (bicyclic) bond motifs is 1. The van der Waals surface area contributed by atoms with Gasteiger partial charge < -0.3 is 10.6 Å². The smallest absolute Gasteiger partial charge is 0.319 e. The number of H-pyrrole nitrogens is 1. The molecule has 31 heavy (non-hydrogen) atoms. The zero-order valence-electron chi connectivity index (χ0n) is 18.4. The molecule has 0 fully saturated rings. The summed E-state index contributed by atoms with van der Waals surface area (Å²) in [6.07, 6.45) is 0. The van der Waals surface area contributed by atoms with Crippen LogP contribution >= 0.6 is 0 Å². The van der Waals surface area contributed by atoms with E-state index >= 15 is 0 Å². The quantitative estimate of drug-likeness (QED) is 0.468. The molecule has 4 aromatic rings. The van der Waals surface area contributed by atoms with Gasteiger partial charge in [-0.25, -0.2) is 9.89 Å². The van der Waals surface area contributed by atoms with Gasteiger partial charge >= 0.3 is 11.6 Å². The van der Waals surface area contributed by atoms with E-state index in [2.05, 4.69) is 26.9 Å². The molecular weight excluding hydrogens is 390 g/mol. The van der Waals surface area contributed by atoms with Crippen LogP contribution in [-0.4, -0.2) is 44.8 Å². The molecule has 0 aliphatic rings. The molecule has 1 aromatic carbocycles. The van der Waals surface area contributed by atoms with Crippen LogP contribution in [0.25, 0.3) is 28.0 Å². The SMILES string of the molecule is CCN(C)CCn1[nH]c2c(-c3cc(C)nc(C)c3)c(-c3ccccc3)nc(N)[n+]2c1=O. The fourth-order valence-corrected chi connectivity index (χ4v) is 3.79. The Kier molecular flexibility index (Phi) is 5.56. The normalized spacial score (nSPS) is 11.5. The van der Waals surface area contributed by atoms with Crippen molar-refractivity contribution in [2.45, 2.75) is 27.3 Å². The van der Waals surface area contributed by atoms with E-state index in [-0.39, 0.29) is 11.6 Å². The lowest BCUT2D eigenvalue weighted by atomic mass is 9.99. The molecule has 0 amide bonds. The van der Waals surface area contributed by atoms with Gasteiger partial charge in [0, 0.05) is 23.5 Å². The van der Waals surface area contributed by atoms with Gasteiger partial charge in [0.2, 0.25) is 5.65 Å². The second-order valence-electron chi connectivity index (χ2n) is 7.82. The molecule has 160 valence electrons. The number of nitrogens with one attached hydrogen (secondary N) is 1. The summed E-state index contributed by atoms with van der Waals surface area (Å²) in [5.41, 5.74) is 11.9. The average molecular weight is 419 g/mol. The first kappa shape index (κ1) is 20.7. The number of nitrogen functional groups attached to an aromatic ring is 1. The Labute approximate surface area is 181 Å². The number of nitrogens with zero attached hydrogens (tertiary/aromatic N) is 5. The van der Waals surface area contributed by atoms with E-state index in [4.69, 9.17) is 5.73 Å². The van der Waals surface area contributed by atoms with Crippen LogP contribution in [0, 0.1) is 13.8 Å². The number of aromatic amines is 1. The number of aryl methyl sites for hydroxylation is 2. The first-order chi connectivity index (χ1) is 14.9. The Morgan fingerprint density at radius 2 is 1.77 bits per heavy atom. The predicted octanol–water partition coefficient (Wildman–Crippen LogP) is 2.19. The third kappa shape index (κ3) is 3.94. The third-order valence-electron chi connectivity index (χ3n) is 5.48. The number of rotatable bonds is 6. The predicted molar refractivity (Wildman–Crippen MR) is 122 cm³/mol. The van der Waals surface area contributed by atoms with Gasteiger partial charge in [0.05, 0.1) is 12.1 Å². The number of aromatic nitrogens is 5. The molecule has 3 N–H and O–H groups in total. The number of pyridine rings is 1. The summed E-state index contributed by atoms with van der Waals surface area (Å²) in [7, 11) is 2.03. The van der Waals surface area contributed by atoms with Gasteiger partial charge in [-0.05, 0) is 45.1 Å². The van der Waals surface area contributed by atoms with Gasteiger partial charge in [-0.15, -0.1) is 9.38 Å². The maximum absolute atomic E-state index is 13.2. The van der Waals surface area contributed by atoms with E-state index in [9.17, 15) is 4.79 Å². The Morgan fingerprint density at radius 3 is 2.42 bits per heavy atom. The van der Waals surface area contributed by atoms with Gasteiger partial charge in [0.25, 0.3) is 0 Å². The number of nitrogens with two attached hydrogens (primary N) is 1. The van der Waals surface area contributed by atoms with Crippen LogP contribution in [0.3, 0.4) is 0 Å². The zero-order valence-corrected chi connectivity index (χ0v) is 18.4. The van der Waals surface area contributed by atoms with Crippen molar-refractivity contribution in [3.05, 3.63) is 64.3 Å². The van der Waals surface area contributed by atoms with Crippen molar-refractivity contribution in [1.82, 2.24) is 24.6 Å². The highest BCUT2D eigenvalue weighted by atomic mass is 16.2. The van der Waals surface area contributed by atoms with E-state index < -0.39 is 0 Å². The van der Waals surface area contributed by atoms with Crippen LogP contribution < -0.4 is 15.8 Å². The van der Waals surface area contributed by atoms with Crippen LogP contribution in [0.1, 0.15) is 18.3 Å². The highest BCUT2D eigenvalue weighted by Crippen LogP contribution is 2.33. The molecule has 0 radical (unpaired) electrons. The molecule has 0 spiro atoms. The highest BCUT2D eigenvalue weighted by molar-refractivity contribution is 5.88. The van der Waals surface area contributed by atoms with Crippen molar-refractivity contribution in [3.8, 4) is 22.4 Å². The van der Waals surface area contributed by atoms with E-state index in [1.807, 2.05) is 63.4 Å². The van der Waals surface area contributed by atoms with Gasteiger partial charge in [0.1, 0.15) is 5.69 Å². The van der Waals surface area contributed by atoms with E-state index in [1.54, 1.807) is 4.68 Å². The standard InChI is InChI=1S/C23H27N7O/c1-5-28(4)11-12-29-23(31)30-21(27-29)19(18-13-15(2)25-16(3)14-18)20(26-22(30)24)17-9-7-6-8-10-17/h6-10,13-14H,5,11-12H2,1-4H3,(H2,24,25,26,27)/p+1. The van der Waals surface area contributed by atoms with Crippen molar-refractivity contribution < 1.29 is 4.40 Å². The lowest BCUT2D eigenvalue weighted by Gasteiger charge is -2.11. The topological polar surface area (TPSA) is 96.9 Å².